The molecule has 96 valence electrons. The Hall–Kier alpha value is -1.63. The normalized spacial score (nSPS) is 11.7. The summed E-state index contributed by atoms with van der Waals surface area (Å²) in [6, 6.07) is 10.1. The molecule has 0 amide bonds. The molecule has 0 aliphatic carbocycles. The van der Waals surface area contributed by atoms with Crippen molar-refractivity contribution in [1.29, 1.82) is 0 Å². The predicted octanol–water partition coefficient (Wildman–Crippen LogP) is 1.42. The molecule has 2 aromatic carbocycles. The molecule has 3 N–H and O–H groups in total. The van der Waals surface area contributed by atoms with Gasteiger partial charge in [0, 0.05) is 11.9 Å². The minimum atomic E-state index is -4.36. The Morgan fingerprint density at radius 2 is 1.89 bits per heavy atom. The van der Waals surface area contributed by atoms with Crippen molar-refractivity contribution in [3.05, 3.63) is 36.4 Å². The number of benzene rings is 2. The number of nitrogens with two attached hydrogens (primary N) is 1. The molecule has 0 aromatic heterocycles. The van der Waals surface area contributed by atoms with Gasteiger partial charge in [-0.2, -0.15) is 8.42 Å². The van der Waals surface area contributed by atoms with Crippen molar-refractivity contribution >= 4 is 20.9 Å². The minimum Gasteiger partial charge on any atom is -0.491 e. The third-order valence-corrected chi connectivity index (χ3v) is 3.41. The van der Waals surface area contributed by atoms with Crippen LogP contribution < -0.4 is 10.5 Å². The van der Waals surface area contributed by atoms with Crippen LogP contribution >= 0.6 is 0 Å². The third-order valence-electron chi connectivity index (χ3n) is 2.48. The van der Waals surface area contributed by atoms with Gasteiger partial charge in [-0.25, -0.2) is 0 Å². The van der Waals surface area contributed by atoms with Gasteiger partial charge in [-0.15, -0.1) is 0 Å². The van der Waals surface area contributed by atoms with Crippen LogP contribution in [-0.2, 0) is 10.1 Å². The summed E-state index contributed by atoms with van der Waals surface area (Å²) >= 11 is 0. The topological polar surface area (TPSA) is 89.6 Å². The fraction of sp³-hybridized carbons (Fsp3) is 0.167. The molecule has 6 heteroatoms. The Morgan fingerprint density at radius 1 is 1.17 bits per heavy atom. The first kappa shape index (κ1) is 12.8. The van der Waals surface area contributed by atoms with Crippen LogP contribution in [0.3, 0.4) is 0 Å². The summed E-state index contributed by atoms with van der Waals surface area (Å²) < 4.78 is 37.5. The predicted molar refractivity (Wildman–Crippen MR) is 68.3 cm³/mol. The Balaban J connectivity index is 2.72. The molecule has 0 bridgehead atoms. The maximum atomic E-state index is 11.5. The van der Waals surface area contributed by atoms with Crippen molar-refractivity contribution in [3.63, 3.8) is 0 Å². The van der Waals surface area contributed by atoms with Gasteiger partial charge < -0.3 is 10.5 Å². The highest BCUT2D eigenvalue weighted by molar-refractivity contribution is 7.86. The molecule has 0 aliphatic rings. The lowest BCUT2D eigenvalue weighted by Crippen LogP contribution is -2.12. The summed E-state index contributed by atoms with van der Waals surface area (Å²) in [7, 11) is -4.36. The van der Waals surface area contributed by atoms with E-state index in [2.05, 4.69) is 0 Å². The molecule has 0 aliphatic heterocycles. The summed E-state index contributed by atoms with van der Waals surface area (Å²) in [6.07, 6.45) is 0. The Morgan fingerprint density at radius 3 is 2.56 bits per heavy atom. The van der Waals surface area contributed by atoms with Gasteiger partial charge in [0.1, 0.15) is 17.3 Å². The van der Waals surface area contributed by atoms with Crippen LogP contribution in [0.5, 0.6) is 5.75 Å². The van der Waals surface area contributed by atoms with Gasteiger partial charge in [-0.05, 0) is 11.5 Å². The first-order chi connectivity index (χ1) is 8.54. The number of ether oxygens (including phenoxy) is 1. The lowest BCUT2D eigenvalue weighted by Gasteiger charge is -2.11. The molecule has 0 saturated heterocycles. The van der Waals surface area contributed by atoms with Crippen molar-refractivity contribution in [3.8, 4) is 5.75 Å². The van der Waals surface area contributed by atoms with E-state index in [9.17, 15) is 13.0 Å². The van der Waals surface area contributed by atoms with E-state index in [4.69, 9.17) is 10.5 Å². The van der Waals surface area contributed by atoms with Gasteiger partial charge >= 0.3 is 0 Å². The second-order valence-electron chi connectivity index (χ2n) is 3.73. The van der Waals surface area contributed by atoms with Gasteiger partial charge in [-0.3, -0.25) is 4.55 Å². The first-order valence-corrected chi connectivity index (χ1v) is 6.80. The Kier molecular flexibility index (Phi) is 3.51. The van der Waals surface area contributed by atoms with E-state index in [0.717, 1.165) is 0 Å². The van der Waals surface area contributed by atoms with Crippen LogP contribution in [0.25, 0.3) is 10.8 Å². The smallest absolute Gasteiger partial charge is 0.298 e. The minimum absolute atomic E-state index is 0.113. The monoisotopic (exact) mass is 267 g/mol. The fourth-order valence-electron chi connectivity index (χ4n) is 1.77. The van der Waals surface area contributed by atoms with Crippen LogP contribution in [-0.4, -0.2) is 26.1 Å². The molecule has 0 fully saturated rings. The number of hydrogen-bond donors (Lipinski definition) is 2. The SMILES string of the molecule is NCCOc1ccc2ccccc2c1S(=O)(=O)O. The molecule has 2 rings (SSSR count). The molecule has 18 heavy (non-hydrogen) atoms. The molecule has 0 radical (unpaired) electrons. The molecule has 5 nitrogen and oxygen atoms in total. The van der Waals surface area contributed by atoms with Gasteiger partial charge in [-0.1, -0.05) is 30.3 Å². The highest BCUT2D eigenvalue weighted by Crippen LogP contribution is 2.31. The molecular formula is C12H13NO4S. The van der Waals surface area contributed by atoms with Crippen LogP contribution in [0.1, 0.15) is 0 Å². The maximum Gasteiger partial charge on any atom is 0.298 e. The van der Waals surface area contributed by atoms with Crippen LogP contribution in [0.4, 0.5) is 0 Å². The highest BCUT2D eigenvalue weighted by Gasteiger charge is 2.20. The second kappa shape index (κ2) is 4.93. The Labute approximate surface area is 105 Å². The maximum absolute atomic E-state index is 11.5. The second-order valence-corrected chi connectivity index (χ2v) is 5.08. The van der Waals surface area contributed by atoms with Crippen molar-refractivity contribution in [2.75, 3.05) is 13.2 Å². The van der Waals surface area contributed by atoms with Gasteiger partial charge in [0.15, 0.2) is 0 Å². The van der Waals surface area contributed by atoms with E-state index in [-0.39, 0.29) is 23.8 Å². The van der Waals surface area contributed by atoms with Crippen LogP contribution in [0, 0.1) is 0 Å². The van der Waals surface area contributed by atoms with Gasteiger partial charge in [0.25, 0.3) is 10.1 Å². The van der Waals surface area contributed by atoms with Crippen molar-refractivity contribution in [2.45, 2.75) is 4.90 Å². The highest BCUT2D eigenvalue weighted by atomic mass is 32.2. The van der Waals surface area contributed by atoms with Crippen molar-refractivity contribution in [2.24, 2.45) is 5.73 Å². The molecule has 2 aromatic rings. The van der Waals surface area contributed by atoms with Crippen LogP contribution in [0.2, 0.25) is 0 Å². The fourth-order valence-corrected chi connectivity index (χ4v) is 2.62. The average molecular weight is 267 g/mol. The van der Waals surface area contributed by atoms with Gasteiger partial charge in [0.05, 0.1) is 0 Å². The quantitative estimate of drug-likeness (QED) is 0.818. The van der Waals surface area contributed by atoms with Crippen LogP contribution in [0.15, 0.2) is 41.3 Å². The molecule has 0 heterocycles. The molecule has 0 atom stereocenters. The molecule has 0 spiro atoms. The van der Waals surface area contributed by atoms with E-state index in [0.29, 0.717) is 10.8 Å². The van der Waals surface area contributed by atoms with Gasteiger partial charge in [0.2, 0.25) is 0 Å². The first-order valence-electron chi connectivity index (χ1n) is 5.36. The van der Waals surface area contributed by atoms with E-state index < -0.39 is 10.1 Å². The summed E-state index contributed by atoms with van der Waals surface area (Å²) in [4.78, 5) is -0.214. The Bertz CT molecular complexity index is 667. The molecule has 0 unspecified atom stereocenters. The average Bonchev–Trinajstić information content (AvgIpc) is 2.34. The van der Waals surface area contributed by atoms with Crippen molar-refractivity contribution in [1.82, 2.24) is 0 Å². The lowest BCUT2D eigenvalue weighted by atomic mass is 10.1. The number of fused-ring (bicyclic) bond motifs is 1. The lowest BCUT2D eigenvalue weighted by molar-refractivity contribution is 0.319. The zero-order valence-electron chi connectivity index (χ0n) is 9.54. The summed E-state index contributed by atoms with van der Waals surface area (Å²) in [6.45, 7) is 0.443. The van der Waals surface area contributed by atoms with Crippen molar-refractivity contribution < 1.29 is 17.7 Å². The van der Waals surface area contributed by atoms with E-state index in [1.807, 2.05) is 0 Å². The standard InChI is InChI=1S/C12H13NO4S/c13-7-8-17-11-6-5-9-3-1-2-4-10(9)12(11)18(14,15)16/h1-6H,7-8,13H2,(H,14,15,16). The number of hydrogen-bond acceptors (Lipinski definition) is 4. The zero-order valence-corrected chi connectivity index (χ0v) is 10.4. The zero-order chi connectivity index (χ0) is 13.2. The van der Waals surface area contributed by atoms with E-state index in [1.54, 1.807) is 30.3 Å². The largest absolute Gasteiger partial charge is 0.491 e. The van der Waals surface area contributed by atoms with E-state index >= 15 is 0 Å². The van der Waals surface area contributed by atoms with E-state index in [1.165, 1.54) is 6.07 Å². The number of rotatable bonds is 4. The summed E-state index contributed by atoms with van der Waals surface area (Å²) in [5.41, 5.74) is 5.31. The summed E-state index contributed by atoms with van der Waals surface area (Å²) in [5.74, 6) is 0.113. The molecular weight excluding hydrogens is 254 g/mol. The summed E-state index contributed by atoms with van der Waals surface area (Å²) in [5, 5.41) is 1.14. The third kappa shape index (κ3) is 2.45. The molecule has 0 saturated carbocycles.